The Hall–Kier alpha value is -2.13. The molecule has 4 heteroatoms. The van der Waals surface area contributed by atoms with Crippen molar-refractivity contribution in [3.8, 4) is 0 Å². The highest BCUT2D eigenvalue weighted by molar-refractivity contribution is 6.30. The van der Waals surface area contributed by atoms with Gasteiger partial charge in [0.05, 0.1) is 23.7 Å². The van der Waals surface area contributed by atoms with E-state index >= 15 is 0 Å². The van der Waals surface area contributed by atoms with Crippen LogP contribution >= 0.6 is 11.6 Å². The van der Waals surface area contributed by atoms with Gasteiger partial charge in [0.15, 0.2) is 5.78 Å². The lowest BCUT2D eigenvalue weighted by Crippen LogP contribution is -2.24. The Morgan fingerprint density at radius 2 is 1.63 bits per heavy atom. The van der Waals surface area contributed by atoms with E-state index in [0.717, 1.165) is 41.9 Å². The fourth-order valence-corrected chi connectivity index (χ4v) is 4.74. The zero-order valence-corrected chi connectivity index (χ0v) is 16.0. The average Bonchev–Trinajstić information content (AvgIpc) is 3.44. The summed E-state index contributed by atoms with van der Waals surface area (Å²) in [5.74, 6) is 1.54. The molecule has 3 aromatic rings. The van der Waals surface area contributed by atoms with Crippen LogP contribution in [0.2, 0.25) is 5.02 Å². The number of hydrogen-bond acceptors (Lipinski definition) is 2. The van der Waals surface area contributed by atoms with Gasteiger partial charge in [-0.25, -0.2) is 4.98 Å². The fraction of sp³-hybridized carbons (Fsp3) is 0.391. The normalized spacial score (nSPS) is 22.9. The van der Waals surface area contributed by atoms with Gasteiger partial charge in [-0.3, -0.25) is 9.20 Å². The van der Waals surface area contributed by atoms with E-state index in [0.29, 0.717) is 17.6 Å². The molecule has 2 aliphatic rings. The number of pyridine rings is 1. The molecule has 0 aliphatic heterocycles. The van der Waals surface area contributed by atoms with E-state index < -0.39 is 0 Å². The van der Waals surface area contributed by atoms with E-state index in [2.05, 4.69) is 29.2 Å². The number of rotatable bonds is 4. The second kappa shape index (κ2) is 6.79. The highest BCUT2D eigenvalue weighted by atomic mass is 35.5. The summed E-state index contributed by atoms with van der Waals surface area (Å²) in [5, 5.41) is 0.781. The first kappa shape index (κ1) is 17.0. The van der Waals surface area contributed by atoms with Gasteiger partial charge in [0, 0.05) is 10.9 Å². The molecule has 0 saturated heterocycles. The van der Waals surface area contributed by atoms with E-state index in [1.54, 1.807) is 6.33 Å². The van der Waals surface area contributed by atoms with Gasteiger partial charge in [0.25, 0.3) is 0 Å². The van der Waals surface area contributed by atoms with Crippen molar-refractivity contribution in [2.75, 3.05) is 0 Å². The molecule has 138 valence electrons. The molecule has 0 unspecified atom stereocenters. The molecule has 2 fully saturated rings. The maximum atomic E-state index is 13.5. The first-order valence-corrected chi connectivity index (χ1v) is 10.3. The van der Waals surface area contributed by atoms with Gasteiger partial charge in [0.2, 0.25) is 0 Å². The van der Waals surface area contributed by atoms with E-state index in [4.69, 9.17) is 11.6 Å². The standard InChI is InChI=1S/C23H23ClN2O/c24-19-9-7-16(8-10-19)15-1-5-18(6-2-15)23(27)22-21(17-3-4-17)12-11-20-13-25-14-26(20)22/h7-15,17-18H,1-6H2. The number of fused-ring (bicyclic) bond motifs is 1. The quantitative estimate of drug-likeness (QED) is 0.520. The van der Waals surface area contributed by atoms with E-state index in [1.165, 1.54) is 24.0 Å². The summed E-state index contributed by atoms with van der Waals surface area (Å²) in [6.07, 6.45) is 10.1. The molecular weight excluding hydrogens is 356 g/mol. The van der Waals surface area contributed by atoms with Crippen LogP contribution in [0.4, 0.5) is 0 Å². The van der Waals surface area contributed by atoms with Crippen molar-refractivity contribution >= 4 is 22.9 Å². The minimum absolute atomic E-state index is 0.124. The number of hydrogen-bond donors (Lipinski definition) is 0. The van der Waals surface area contributed by atoms with E-state index in [-0.39, 0.29) is 5.92 Å². The average molecular weight is 379 g/mol. The van der Waals surface area contributed by atoms with Crippen LogP contribution in [0.1, 0.15) is 72.0 Å². The van der Waals surface area contributed by atoms with E-state index in [9.17, 15) is 4.79 Å². The van der Waals surface area contributed by atoms with Gasteiger partial charge in [0.1, 0.15) is 0 Å². The third kappa shape index (κ3) is 3.19. The maximum Gasteiger partial charge on any atom is 0.182 e. The monoisotopic (exact) mass is 378 g/mol. The van der Waals surface area contributed by atoms with Gasteiger partial charge < -0.3 is 0 Å². The van der Waals surface area contributed by atoms with E-state index in [1.807, 2.05) is 22.7 Å². The van der Waals surface area contributed by atoms with Gasteiger partial charge in [-0.15, -0.1) is 0 Å². The molecule has 2 heterocycles. The highest BCUT2D eigenvalue weighted by Crippen LogP contribution is 2.44. The van der Waals surface area contributed by atoms with Crippen LogP contribution in [0.3, 0.4) is 0 Å². The lowest BCUT2D eigenvalue weighted by Gasteiger charge is -2.28. The largest absolute Gasteiger partial charge is 0.296 e. The second-order valence-electron chi connectivity index (χ2n) is 8.06. The van der Waals surface area contributed by atoms with Crippen LogP contribution in [-0.4, -0.2) is 15.2 Å². The molecule has 2 aromatic heterocycles. The summed E-state index contributed by atoms with van der Waals surface area (Å²) in [6.45, 7) is 0. The van der Waals surface area contributed by atoms with Crippen molar-refractivity contribution < 1.29 is 4.79 Å². The van der Waals surface area contributed by atoms with Gasteiger partial charge >= 0.3 is 0 Å². The van der Waals surface area contributed by atoms with Gasteiger partial charge in [-0.05, 0) is 79.7 Å². The third-order valence-electron chi connectivity index (χ3n) is 6.31. The van der Waals surface area contributed by atoms with Gasteiger partial charge in [-0.2, -0.15) is 0 Å². The molecule has 0 radical (unpaired) electrons. The summed E-state index contributed by atoms with van der Waals surface area (Å²) in [7, 11) is 0. The summed E-state index contributed by atoms with van der Waals surface area (Å²) >= 11 is 6.01. The number of halogens is 1. The van der Waals surface area contributed by atoms with Crippen LogP contribution in [0.15, 0.2) is 48.9 Å². The summed E-state index contributed by atoms with van der Waals surface area (Å²) < 4.78 is 2.02. The number of nitrogens with zero attached hydrogens (tertiary/aromatic N) is 2. The zero-order chi connectivity index (χ0) is 18.4. The summed E-state index contributed by atoms with van der Waals surface area (Å²) in [6, 6.07) is 12.4. The predicted octanol–water partition coefficient (Wildman–Crippen LogP) is 6.02. The number of imidazole rings is 1. The van der Waals surface area contributed by atoms with Crippen LogP contribution in [-0.2, 0) is 0 Å². The minimum Gasteiger partial charge on any atom is -0.296 e. The number of ketones is 1. The second-order valence-corrected chi connectivity index (χ2v) is 8.50. The van der Waals surface area contributed by atoms with Crippen LogP contribution < -0.4 is 0 Å². The molecule has 2 aliphatic carbocycles. The van der Waals surface area contributed by atoms with Crippen molar-refractivity contribution in [1.82, 2.24) is 9.38 Å². The molecule has 0 spiro atoms. The SMILES string of the molecule is O=C(c1c(C2CC2)ccc2cncn12)C1CCC(c2ccc(Cl)cc2)CC1. The molecule has 5 rings (SSSR count). The highest BCUT2D eigenvalue weighted by Gasteiger charge is 2.34. The number of aromatic nitrogens is 2. The first-order valence-electron chi connectivity index (χ1n) is 9.95. The molecule has 3 nitrogen and oxygen atoms in total. The molecule has 27 heavy (non-hydrogen) atoms. The summed E-state index contributed by atoms with van der Waals surface area (Å²) in [5.41, 5.74) is 4.48. The summed E-state index contributed by atoms with van der Waals surface area (Å²) in [4.78, 5) is 17.8. The Balaban J connectivity index is 1.38. The lowest BCUT2D eigenvalue weighted by molar-refractivity contribution is 0.0876. The van der Waals surface area contributed by atoms with Crippen LogP contribution in [0.5, 0.6) is 0 Å². The number of Topliss-reactive ketones (excluding diaryl/α,β-unsaturated/α-hetero) is 1. The van der Waals surface area contributed by atoms with Crippen molar-refractivity contribution in [1.29, 1.82) is 0 Å². The first-order chi connectivity index (χ1) is 13.2. The van der Waals surface area contributed by atoms with Crippen LogP contribution in [0.25, 0.3) is 5.52 Å². The molecule has 1 aromatic carbocycles. The lowest BCUT2D eigenvalue weighted by atomic mass is 9.76. The molecular formula is C23H23ClN2O. The maximum absolute atomic E-state index is 13.5. The van der Waals surface area contributed by atoms with Gasteiger partial charge in [-0.1, -0.05) is 29.8 Å². The minimum atomic E-state index is 0.124. The smallest absolute Gasteiger partial charge is 0.182 e. The van der Waals surface area contributed by atoms with Crippen molar-refractivity contribution in [2.24, 2.45) is 5.92 Å². The molecule has 2 saturated carbocycles. The Morgan fingerprint density at radius 1 is 0.926 bits per heavy atom. The van der Waals surface area contributed by atoms with Crippen molar-refractivity contribution in [3.63, 3.8) is 0 Å². The number of carbonyl (C=O) groups is 1. The van der Waals surface area contributed by atoms with Crippen molar-refractivity contribution in [2.45, 2.75) is 50.4 Å². The molecule has 0 N–H and O–H groups in total. The Labute approximate surface area is 164 Å². The Bertz CT molecular complexity index is 979. The molecule has 0 bridgehead atoms. The molecule has 0 amide bonds. The van der Waals surface area contributed by atoms with Crippen molar-refractivity contribution in [3.05, 3.63) is 70.8 Å². The number of carbonyl (C=O) groups excluding carboxylic acids is 1. The fourth-order valence-electron chi connectivity index (χ4n) is 4.61. The molecule has 0 atom stereocenters. The Morgan fingerprint density at radius 3 is 2.33 bits per heavy atom. The predicted molar refractivity (Wildman–Crippen MR) is 108 cm³/mol. The van der Waals surface area contributed by atoms with Crippen LogP contribution in [0, 0.1) is 5.92 Å². The number of benzene rings is 1. The topological polar surface area (TPSA) is 34.4 Å². The third-order valence-corrected chi connectivity index (χ3v) is 6.56. The Kier molecular flexibility index (Phi) is 4.28. The zero-order valence-electron chi connectivity index (χ0n) is 15.3.